The fourth-order valence-electron chi connectivity index (χ4n) is 7.45. The van der Waals surface area contributed by atoms with Gasteiger partial charge < -0.3 is 24.1 Å². The van der Waals surface area contributed by atoms with Crippen LogP contribution in [0.5, 0.6) is 33.4 Å². The molecule has 1 unspecified atom stereocenters. The number of aliphatic hydroxyl groups is 1. The topological polar surface area (TPSA) is 100 Å². The van der Waals surface area contributed by atoms with E-state index in [4.69, 9.17) is 18.9 Å². The van der Waals surface area contributed by atoms with Gasteiger partial charge in [0.25, 0.3) is 10.4 Å². The predicted octanol–water partition coefficient (Wildman–Crippen LogP) is 13.4. The molecule has 0 amide bonds. The van der Waals surface area contributed by atoms with E-state index in [1.54, 1.807) is 18.2 Å². The first-order valence-corrected chi connectivity index (χ1v) is 22.6. The number of carbonyl (C=O) groups excluding carboxylic acids is 1. The van der Waals surface area contributed by atoms with Gasteiger partial charge >= 0.3 is 6.18 Å². The minimum absolute atomic E-state index is 0.0608. The standard InChI is InChI=1S/C24H26F3NO3S.C23H25NO3S/c1-2-23(29,24(25,26)27)14-13-16-11-12-19(20(15-16)30-17-7-3-4-8-17)31-22-28-18-9-5-6-10-21(18)32-22;1-2-17(25)13-11-16-12-14-20(21(15-16)26-18-7-3-4-8-18)27-23-24-19-9-5-6-10-22(19)28-23/h5-6,9-12,15,17,29H,2-4,7-8,13-14H2,1H3;5-6,9-10,12,14-15,18H,2-4,7-8,11,13H2,1H3. The molecule has 2 saturated carbocycles. The Labute approximate surface area is 356 Å². The largest absolute Gasteiger partial charge is 0.487 e. The first kappa shape index (κ1) is 43.4. The van der Waals surface area contributed by atoms with Crippen LogP contribution in [0, 0.1) is 0 Å². The van der Waals surface area contributed by atoms with E-state index in [9.17, 15) is 23.1 Å². The second kappa shape index (κ2) is 19.8. The van der Waals surface area contributed by atoms with Gasteiger partial charge in [-0.3, -0.25) is 4.79 Å². The molecule has 13 heteroatoms. The number of fused-ring (bicyclic) bond motifs is 2. The fourth-order valence-corrected chi connectivity index (χ4v) is 9.11. The zero-order chi connectivity index (χ0) is 42.1. The Morgan fingerprint density at radius 2 is 1.15 bits per heavy atom. The molecule has 0 saturated heterocycles. The zero-order valence-electron chi connectivity index (χ0n) is 34.0. The van der Waals surface area contributed by atoms with Gasteiger partial charge in [-0.1, -0.05) is 72.9 Å². The summed E-state index contributed by atoms with van der Waals surface area (Å²) >= 11 is 2.95. The van der Waals surface area contributed by atoms with Gasteiger partial charge in [-0.15, -0.1) is 0 Å². The van der Waals surface area contributed by atoms with Crippen molar-refractivity contribution in [2.75, 3.05) is 0 Å². The maximum absolute atomic E-state index is 13.3. The summed E-state index contributed by atoms with van der Waals surface area (Å²) in [7, 11) is 0. The number of hydrogen-bond donors (Lipinski definition) is 1. The number of carbonyl (C=O) groups is 1. The summed E-state index contributed by atoms with van der Waals surface area (Å²) in [5, 5.41) is 11.1. The van der Waals surface area contributed by atoms with E-state index < -0.39 is 18.2 Å². The molecule has 2 heterocycles. The first-order chi connectivity index (χ1) is 29.0. The van der Waals surface area contributed by atoms with Crippen LogP contribution in [0.1, 0.15) is 102 Å². The number of alkyl halides is 3. The summed E-state index contributed by atoms with van der Waals surface area (Å²) in [6.45, 7) is 3.25. The van der Waals surface area contributed by atoms with Crippen LogP contribution in [-0.2, 0) is 17.6 Å². The van der Waals surface area contributed by atoms with E-state index in [-0.39, 0.29) is 30.8 Å². The molecule has 0 spiro atoms. The molecule has 60 heavy (non-hydrogen) atoms. The molecular formula is C47H51F3N2O6S2. The van der Waals surface area contributed by atoms with Gasteiger partial charge in [-0.25, -0.2) is 9.97 Å². The van der Waals surface area contributed by atoms with Gasteiger partial charge in [-0.05, 0) is 137 Å². The number of Topliss-reactive ketones (excluding diaryl/α,β-unsaturated/α-hetero) is 1. The molecule has 0 aliphatic heterocycles. The monoisotopic (exact) mass is 860 g/mol. The van der Waals surface area contributed by atoms with E-state index in [0.29, 0.717) is 46.0 Å². The third-order valence-corrected chi connectivity index (χ3v) is 13.0. The SMILES string of the molecule is CCC(=O)CCc1ccc(Oc2nc3ccccc3s2)c(OC2CCCC2)c1.CCC(O)(CCc1ccc(Oc2nc3ccccc3s2)c(OC2CCCC2)c1)C(F)(F)F. The molecule has 2 aliphatic rings. The highest BCUT2D eigenvalue weighted by atomic mass is 32.1. The lowest BCUT2D eigenvalue weighted by molar-refractivity contribution is -0.263. The number of halogens is 3. The molecule has 0 bridgehead atoms. The lowest BCUT2D eigenvalue weighted by Crippen LogP contribution is -2.44. The van der Waals surface area contributed by atoms with E-state index >= 15 is 0 Å². The number of ketones is 1. The van der Waals surface area contributed by atoms with Gasteiger partial charge in [0.2, 0.25) is 0 Å². The second-order valence-corrected chi connectivity index (χ2v) is 17.5. The Balaban J connectivity index is 0.000000183. The van der Waals surface area contributed by atoms with Crippen molar-refractivity contribution in [1.82, 2.24) is 9.97 Å². The molecular weight excluding hydrogens is 810 g/mol. The Bertz CT molecular complexity index is 2280. The van der Waals surface area contributed by atoms with Crippen LogP contribution in [0.25, 0.3) is 20.4 Å². The zero-order valence-corrected chi connectivity index (χ0v) is 35.6. The number of rotatable bonds is 16. The number of para-hydroxylation sites is 2. The van der Waals surface area contributed by atoms with Gasteiger partial charge in [0.15, 0.2) is 28.6 Å². The van der Waals surface area contributed by atoms with Crippen LogP contribution in [0.4, 0.5) is 13.2 Å². The van der Waals surface area contributed by atoms with E-state index in [2.05, 4.69) is 9.97 Å². The fraction of sp³-hybridized carbons (Fsp3) is 0.426. The summed E-state index contributed by atoms with van der Waals surface area (Å²) in [5.41, 5.74) is 0.844. The Hall–Kier alpha value is -4.72. The summed E-state index contributed by atoms with van der Waals surface area (Å²) in [6, 6.07) is 26.9. The molecule has 8 nitrogen and oxygen atoms in total. The molecule has 2 aliphatic carbocycles. The normalized spacial score (nSPS) is 15.8. The molecule has 4 aromatic carbocycles. The van der Waals surface area contributed by atoms with Gasteiger partial charge in [0.1, 0.15) is 5.78 Å². The lowest BCUT2D eigenvalue weighted by Gasteiger charge is -2.29. The molecule has 2 aromatic heterocycles. The van der Waals surface area contributed by atoms with E-state index in [1.807, 2.05) is 73.7 Å². The van der Waals surface area contributed by atoms with Crippen molar-refractivity contribution < 1.29 is 42.0 Å². The van der Waals surface area contributed by atoms with Crippen LogP contribution in [0.2, 0.25) is 0 Å². The van der Waals surface area contributed by atoms with Crippen LogP contribution in [0.3, 0.4) is 0 Å². The highest BCUT2D eigenvalue weighted by Gasteiger charge is 2.51. The van der Waals surface area contributed by atoms with Gasteiger partial charge in [-0.2, -0.15) is 13.2 Å². The Kier molecular flexibility index (Phi) is 14.3. The Morgan fingerprint density at radius 1 is 0.683 bits per heavy atom. The number of hydrogen-bond acceptors (Lipinski definition) is 10. The number of nitrogens with zero attached hydrogens (tertiary/aromatic N) is 2. The van der Waals surface area contributed by atoms with E-state index in [0.717, 1.165) is 76.7 Å². The maximum atomic E-state index is 13.3. The van der Waals surface area contributed by atoms with Crippen molar-refractivity contribution in [3.8, 4) is 33.4 Å². The molecule has 318 valence electrons. The van der Waals surface area contributed by atoms with Crippen LogP contribution in [-0.4, -0.2) is 44.8 Å². The third kappa shape index (κ3) is 11.2. The lowest BCUT2D eigenvalue weighted by atomic mass is 9.91. The molecule has 1 N–H and O–H groups in total. The summed E-state index contributed by atoms with van der Waals surface area (Å²) in [6.07, 6.45) is 5.45. The quantitative estimate of drug-likeness (QED) is 0.103. The average Bonchev–Trinajstić information content (AvgIpc) is 4.09. The van der Waals surface area contributed by atoms with Gasteiger partial charge in [0, 0.05) is 12.8 Å². The first-order valence-electron chi connectivity index (χ1n) is 21.0. The smallest absolute Gasteiger partial charge is 0.417 e. The highest BCUT2D eigenvalue weighted by Crippen LogP contribution is 2.41. The van der Waals surface area contributed by atoms with E-state index in [1.165, 1.54) is 42.4 Å². The summed E-state index contributed by atoms with van der Waals surface area (Å²) < 4.78 is 66.5. The maximum Gasteiger partial charge on any atom is 0.417 e. The molecule has 8 rings (SSSR count). The average molecular weight is 861 g/mol. The van der Waals surface area contributed by atoms with Crippen molar-refractivity contribution in [3.05, 3.63) is 96.1 Å². The molecule has 6 aromatic rings. The highest BCUT2D eigenvalue weighted by molar-refractivity contribution is 7.20. The third-order valence-electron chi connectivity index (χ3n) is 11.2. The molecule has 0 radical (unpaired) electrons. The van der Waals surface area contributed by atoms with Crippen LogP contribution < -0.4 is 18.9 Å². The molecule has 2 fully saturated rings. The second-order valence-electron chi connectivity index (χ2n) is 15.5. The van der Waals surface area contributed by atoms with Crippen molar-refractivity contribution in [3.63, 3.8) is 0 Å². The predicted molar refractivity (Wildman–Crippen MR) is 231 cm³/mol. The van der Waals surface area contributed by atoms with Crippen molar-refractivity contribution in [2.45, 2.75) is 128 Å². The number of ether oxygens (including phenoxy) is 4. The van der Waals surface area contributed by atoms with Gasteiger partial charge in [0.05, 0.1) is 32.6 Å². The Morgan fingerprint density at radius 3 is 1.58 bits per heavy atom. The summed E-state index contributed by atoms with van der Waals surface area (Å²) in [4.78, 5) is 20.7. The minimum Gasteiger partial charge on any atom is -0.487 e. The number of aromatic nitrogens is 2. The molecule has 1 atom stereocenters. The van der Waals surface area contributed by atoms with Crippen molar-refractivity contribution in [1.29, 1.82) is 0 Å². The summed E-state index contributed by atoms with van der Waals surface area (Å²) in [5.74, 6) is 2.72. The van der Waals surface area contributed by atoms with Crippen molar-refractivity contribution >= 4 is 48.9 Å². The van der Waals surface area contributed by atoms with Crippen LogP contribution >= 0.6 is 22.7 Å². The minimum atomic E-state index is -4.67. The van der Waals surface area contributed by atoms with Crippen LogP contribution in [0.15, 0.2) is 84.9 Å². The number of aryl methyl sites for hydroxylation is 2. The number of thiazole rings is 2. The number of benzene rings is 4. The van der Waals surface area contributed by atoms with Crippen molar-refractivity contribution in [2.24, 2.45) is 0 Å².